The van der Waals surface area contributed by atoms with Crippen molar-refractivity contribution in [3.8, 4) is 0 Å². The van der Waals surface area contributed by atoms with Gasteiger partial charge in [0.05, 0.1) is 12.1 Å². The SMILES string of the molecule is CCC(C)C1NC(=O)C(CC)N(C(C)C2CCCO2)C1=O. The first-order chi connectivity index (χ1) is 10.0. The predicted octanol–water partition coefficient (Wildman–Crippen LogP) is 1.71. The van der Waals surface area contributed by atoms with E-state index in [4.69, 9.17) is 4.74 Å². The quantitative estimate of drug-likeness (QED) is 0.840. The molecule has 2 rings (SSSR count). The number of ether oxygens (including phenoxy) is 1. The molecule has 5 nitrogen and oxygen atoms in total. The van der Waals surface area contributed by atoms with E-state index in [2.05, 4.69) is 5.32 Å². The maximum Gasteiger partial charge on any atom is 0.246 e. The Morgan fingerprint density at radius 2 is 2.05 bits per heavy atom. The van der Waals surface area contributed by atoms with Gasteiger partial charge in [-0.15, -0.1) is 0 Å². The molecule has 0 radical (unpaired) electrons. The molecule has 5 unspecified atom stereocenters. The Hall–Kier alpha value is -1.10. The van der Waals surface area contributed by atoms with Gasteiger partial charge in [-0.3, -0.25) is 9.59 Å². The van der Waals surface area contributed by atoms with Gasteiger partial charge >= 0.3 is 0 Å². The number of nitrogens with one attached hydrogen (secondary N) is 1. The van der Waals surface area contributed by atoms with E-state index >= 15 is 0 Å². The second-order valence-corrected chi connectivity index (χ2v) is 6.33. The van der Waals surface area contributed by atoms with Crippen molar-refractivity contribution >= 4 is 11.8 Å². The summed E-state index contributed by atoms with van der Waals surface area (Å²) < 4.78 is 5.74. The van der Waals surface area contributed by atoms with Crippen LogP contribution in [0.4, 0.5) is 0 Å². The smallest absolute Gasteiger partial charge is 0.246 e. The van der Waals surface area contributed by atoms with Crippen LogP contribution in [-0.2, 0) is 14.3 Å². The third-order valence-corrected chi connectivity index (χ3v) is 5.00. The Morgan fingerprint density at radius 3 is 2.57 bits per heavy atom. The van der Waals surface area contributed by atoms with Crippen LogP contribution >= 0.6 is 0 Å². The van der Waals surface area contributed by atoms with Crippen LogP contribution in [0.1, 0.15) is 53.4 Å². The molecule has 0 saturated carbocycles. The Kier molecular flexibility index (Phi) is 5.25. The van der Waals surface area contributed by atoms with Crippen molar-refractivity contribution < 1.29 is 14.3 Å². The lowest BCUT2D eigenvalue weighted by atomic mass is 9.91. The molecule has 21 heavy (non-hydrogen) atoms. The molecule has 0 spiro atoms. The van der Waals surface area contributed by atoms with Crippen molar-refractivity contribution in [2.24, 2.45) is 5.92 Å². The largest absolute Gasteiger partial charge is 0.376 e. The molecule has 2 saturated heterocycles. The summed E-state index contributed by atoms with van der Waals surface area (Å²) in [5, 5.41) is 2.92. The Labute approximate surface area is 127 Å². The first-order valence-electron chi connectivity index (χ1n) is 8.25. The zero-order chi connectivity index (χ0) is 15.6. The van der Waals surface area contributed by atoms with Crippen LogP contribution in [0.2, 0.25) is 0 Å². The fourth-order valence-electron chi connectivity index (χ4n) is 3.40. The van der Waals surface area contributed by atoms with Crippen molar-refractivity contribution in [3.05, 3.63) is 0 Å². The van der Waals surface area contributed by atoms with E-state index in [1.807, 2.05) is 27.7 Å². The van der Waals surface area contributed by atoms with E-state index in [0.717, 1.165) is 25.9 Å². The zero-order valence-electron chi connectivity index (χ0n) is 13.6. The first kappa shape index (κ1) is 16.3. The maximum atomic E-state index is 12.9. The fourth-order valence-corrected chi connectivity index (χ4v) is 3.40. The maximum absolute atomic E-state index is 12.9. The second kappa shape index (κ2) is 6.77. The predicted molar refractivity (Wildman–Crippen MR) is 80.7 cm³/mol. The van der Waals surface area contributed by atoms with Crippen LogP contribution in [0, 0.1) is 5.92 Å². The van der Waals surface area contributed by atoms with Gasteiger partial charge in [0.1, 0.15) is 12.1 Å². The molecule has 0 aromatic heterocycles. The zero-order valence-corrected chi connectivity index (χ0v) is 13.6. The number of hydrogen-bond acceptors (Lipinski definition) is 3. The average Bonchev–Trinajstić information content (AvgIpc) is 3.01. The molecule has 0 aromatic rings. The first-order valence-corrected chi connectivity index (χ1v) is 8.25. The Morgan fingerprint density at radius 1 is 1.33 bits per heavy atom. The van der Waals surface area contributed by atoms with Gasteiger partial charge in [0, 0.05) is 6.61 Å². The van der Waals surface area contributed by atoms with Gasteiger partial charge in [-0.25, -0.2) is 0 Å². The second-order valence-electron chi connectivity index (χ2n) is 6.33. The van der Waals surface area contributed by atoms with E-state index in [-0.39, 0.29) is 35.9 Å². The normalized spacial score (nSPS) is 33.0. The summed E-state index contributed by atoms with van der Waals surface area (Å²) in [4.78, 5) is 27.1. The van der Waals surface area contributed by atoms with E-state index in [0.29, 0.717) is 6.42 Å². The van der Waals surface area contributed by atoms with E-state index in [1.54, 1.807) is 4.90 Å². The van der Waals surface area contributed by atoms with Crippen molar-refractivity contribution in [3.63, 3.8) is 0 Å². The summed E-state index contributed by atoms with van der Waals surface area (Å²) in [5.41, 5.74) is 0. The monoisotopic (exact) mass is 296 g/mol. The van der Waals surface area contributed by atoms with Gasteiger partial charge in [0.2, 0.25) is 11.8 Å². The molecule has 0 bridgehead atoms. The number of hydrogen-bond donors (Lipinski definition) is 1. The van der Waals surface area contributed by atoms with E-state index in [1.165, 1.54) is 0 Å². The average molecular weight is 296 g/mol. The molecule has 0 aromatic carbocycles. The molecule has 2 fully saturated rings. The Balaban J connectivity index is 2.23. The van der Waals surface area contributed by atoms with Gasteiger partial charge < -0.3 is 15.0 Å². The highest BCUT2D eigenvalue weighted by Gasteiger charge is 2.45. The molecule has 0 aliphatic carbocycles. The number of amides is 2. The highest BCUT2D eigenvalue weighted by molar-refractivity contribution is 5.97. The van der Waals surface area contributed by atoms with E-state index < -0.39 is 6.04 Å². The minimum Gasteiger partial charge on any atom is -0.376 e. The lowest BCUT2D eigenvalue weighted by Gasteiger charge is -2.44. The fraction of sp³-hybridized carbons (Fsp3) is 0.875. The summed E-state index contributed by atoms with van der Waals surface area (Å²) in [6.45, 7) is 8.79. The number of piperazine rings is 1. The summed E-state index contributed by atoms with van der Waals surface area (Å²) in [7, 11) is 0. The lowest BCUT2D eigenvalue weighted by Crippen LogP contribution is -2.67. The standard InChI is InChI=1S/C16H28N2O3/c1-5-10(3)14-16(20)18(12(6-2)15(19)17-14)11(4)13-8-7-9-21-13/h10-14H,5-9H2,1-4H3,(H,17,19). The number of rotatable bonds is 5. The summed E-state index contributed by atoms with van der Waals surface area (Å²) in [5.74, 6) is 0.185. The van der Waals surface area contributed by atoms with Gasteiger partial charge in [0.25, 0.3) is 0 Å². The number of carbonyl (C=O) groups excluding carboxylic acids is 2. The molecule has 2 amide bonds. The minimum absolute atomic E-state index is 0.0211. The molecule has 120 valence electrons. The highest BCUT2D eigenvalue weighted by Crippen LogP contribution is 2.27. The minimum atomic E-state index is -0.394. The molecule has 5 atom stereocenters. The van der Waals surface area contributed by atoms with Crippen LogP contribution in [0.5, 0.6) is 0 Å². The van der Waals surface area contributed by atoms with Crippen LogP contribution in [0.3, 0.4) is 0 Å². The van der Waals surface area contributed by atoms with Crippen molar-refractivity contribution in [1.82, 2.24) is 10.2 Å². The van der Waals surface area contributed by atoms with Crippen LogP contribution < -0.4 is 5.32 Å². The Bertz CT molecular complexity index is 393. The summed E-state index contributed by atoms with van der Waals surface area (Å²) >= 11 is 0. The van der Waals surface area contributed by atoms with Crippen molar-refractivity contribution in [2.45, 2.75) is 77.6 Å². The number of carbonyl (C=O) groups is 2. The highest BCUT2D eigenvalue weighted by atomic mass is 16.5. The topological polar surface area (TPSA) is 58.6 Å². The molecule has 2 aliphatic heterocycles. The molecule has 2 aliphatic rings. The van der Waals surface area contributed by atoms with Crippen molar-refractivity contribution in [2.75, 3.05) is 6.61 Å². The van der Waals surface area contributed by atoms with Gasteiger partial charge in [0.15, 0.2) is 0 Å². The van der Waals surface area contributed by atoms with Crippen LogP contribution in [0.15, 0.2) is 0 Å². The summed E-state index contributed by atoms with van der Waals surface area (Å²) in [6.07, 6.45) is 3.58. The van der Waals surface area contributed by atoms with Gasteiger partial charge in [-0.2, -0.15) is 0 Å². The molecule has 1 N–H and O–H groups in total. The van der Waals surface area contributed by atoms with Gasteiger partial charge in [-0.1, -0.05) is 27.2 Å². The third kappa shape index (κ3) is 3.07. The van der Waals surface area contributed by atoms with E-state index in [9.17, 15) is 9.59 Å². The van der Waals surface area contributed by atoms with Crippen molar-refractivity contribution in [1.29, 1.82) is 0 Å². The molecule has 2 heterocycles. The number of nitrogens with zero attached hydrogens (tertiary/aromatic N) is 1. The molecular weight excluding hydrogens is 268 g/mol. The van der Waals surface area contributed by atoms with Crippen LogP contribution in [0.25, 0.3) is 0 Å². The molecule has 5 heteroatoms. The molecular formula is C16H28N2O3. The lowest BCUT2D eigenvalue weighted by molar-refractivity contribution is -0.156. The van der Waals surface area contributed by atoms with Crippen LogP contribution in [-0.4, -0.2) is 47.6 Å². The van der Waals surface area contributed by atoms with Gasteiger partial charge in [-0.05, 0) is 32.1 Å². The third-order valence-electron chi connectivity index (χ3n) is 5.00. The summed E-state index contributed by atoms with van der Waals surface area (Å²) in [6, 6.07) is -0.797.